The van der Waals surface area contributed by atoms with Crippen molar-refractivity contribution in [2.24, 2.45) is 0 Å². The summed E-state index contributed by atoms with van der Waals surface area (Å²) in [5.74, 6) is -0.874. The Morgan fingerprint density at radius 1 is 1.73 bits per heavy atom. The third kappa shape index (κ3) is 2.37. The van der Waals surface area contributed by atoms with Crippen molar-refractivity contribution in [3.63, 3.8) is 0 Å². The molecule has 4 nitrogen and oxygen atoms in total. The molecule has 0 radical (unpaired) electrons. The highest BCUT2D eigenvalue weighted by atomic mass is 32.1. The minimum absolute atomic E-state index is 0.178. The molecule has 0 spiro atoms. The summed E-state index contributed by atoms with van der Waals surface area (Å²) in [5, 5.41) is 8.81. The Morgan fingerprint density at radius 3 is 2.93 bits per heavy atom. The van der Waals surface area contributed by atoms with E-state index in [1.54, 1.807) is 6.07 Å². The SMILES string of the molecule is Cc1sc(C(=O)O)cc1COC1COC1. The van der Waals surface area contributed by atoms with Gasteiger partial charge in [0.1, 0.15) is 11.0 Å². The van der Waals surface area contributed by atoms with Gasteiger partial charge in [-0.25, -0.2) is 4.79 Å². The molecule has 0 amide bonds. The first-order chi connectivity index (χ1) is 7.16. The molecule has 0 unspecified atom stereocenters. The fourth-order valence-corrected chi connectivity index (χ4v) is 2.15. The van der Waals surface area contributed by atoms with Gasteiger partial charge in [0.05, 0.1) is 19.8 Å². The molecule has 0 saturated carbocycles. The first-order valence-corrected chi connectivity index (χ1v) is 5.50. The maximum absolute atomic E-state index is 10.7. The molecule has 1 N–H and O–H groups in total. The zero-order valence-corrected chi connectivity index (χ0v) is 9.17. The van der Waals surface area contributed by atoms with Gasteiger partial charge < -0.3 is 14.6 Å². The van der Waals surface area contributed by atoms with Crippen LogP contribution in [0.4, 0.5) is 0 Å². The van der Waals surface area contributed by atoms with Crippen LogP contribution >= 0.6 is 11.3 Å². The van der Waals surface area contributed by atoms with E-state index in [1.807, 2.05) is 6.92 Å². The average molecular weight is 228 g/mol. The standard InChI is InChI=1S/C10H12O4S/c1-6-7(2-9(15-6)10(11)12)3-14-8-4-13-5-8/h2,8H,3-5H2,1H3,(H,11,12). The highest BCUT2D eigenvalue weighted by Crippen LogP contribution is 2.23. The van der Waals surface area contributed by atoms with Crippen LogP contribution in [0.2, 0.25) is 0 Å². The van der Waals surface area contributed by atoms with Crippen molar-refractivity contribution in [2.45, 2.75) is 19.6 Å². The van der Waals surface area contributed by atoms with E-state index >= 15 is 0 Å². The zero-order chi connectivity index (χ0) is 10.8. The van der Waals surface area contributed by atoms with Crippen molar-refractivity contribution >= 4 is 17.3 Å². The number of hydrogen-bond acceptors (Lipinski definition) is 4. The molecule has 0 bridgehead atoms. The smallest absolute Gasteiger partial charge is 0.345 e. The second kappa shape index (κ2) is 4.30. The maximum atomic E-state index is 10.7. The topological polar surface area (TPSA) is 55.8 Å². The van der Waals surface area contributed by atoms with E-state index in [1.165, 1.54) is 11.3 Å². The number of rotatable bonds is 4. The van der Waals surface area contributed by atoms with Gasteiger partial charge in [0.25, 0.3) is 0 Å². The lowest BCUT2D eigenvalue weighted by atomic mass is 10.2. The van der Waals surface area contributed by atoms with Gasteiger partial charge in [0, 0.05) is 4.88 Å². The Hall–Kier alpha value is -0.910. The van der Waals surface area contributed by atoms with Gasteiger partial charge in [-0.2, -0.15) is 0 Å². The van der Waals surface area contributed by atoms with Gasteiger partial charge in [-0.05, 0) is 18.6 Å². The fourth-order valence-electron chi connectivity index (χ4n) is 1.29. The summed E-state index contributed by atoms with van der Waals surface area (Å²) >= 11 is 1.29. The van der Waals surface area contributed by atoms with E-state index in [0.29, 0.717) is 24.7 Å². The molecule has 82 valence electrons. The van der Waals surface area contributed by atoms with Gasteiger partial charge in [-0.15, -0.1) is 11.3 Å². The molecular formula is C10H12O4S. The van der Waals surface area contributed by atoms with Crippen LogP contribution in [0.3, 0.4) is 0 Å². The van der Waals surface area contributed by atoms with Crippen LogP contribution in [0, 0.1) is 6.92 Å². The quantitative estimate of drug-likeness (QED) is 0.851. The van der Waals surface area contributed by atoms with Crippen molar-refractivity contribution in [3.8, 4) is 0 Å². The Balaban J connectivity index is 1.97. The van der Waals surface area contributed by atoms with Gasteiger partial charge in [0.15, 0.2) is 0 Å². The molecule has 1 aromatic heterocycles. The predicted molar refractivity (Wildman–Crippen MR) is 55.4 cm³/mol. The van der Waals surface area contributed by atoms with Crippen molar-refractivity contribution in [1.29, 1.82) is 0 Å². The van der Waals surface area contributed by atoms with Gasteiger partial charge in [-0.3, -0.25) is 0 Å². The number of carboxylic acids is 1. The number of carboxylic acid groups (broad SMARTS) is 1. The minimum atomic E-state index is -0.874. The minimum Gasteiger partial charge on any atom is -0.477 e. The molecule has 2 heterocycles. The van der Waals surface area contributed by atoms with Crippen molar-refractivity contribution in [1.82, 2.24) is 0 Å². The van der Waals surface area contributed by atoms with Crippen LogP contribution in [-0.2, 0) is 16.1 Å². The van der Waals surface area contributed by atoms with E-state index in [9.17, 15) is 4.79 Å². The second-order valence-electron chi connectivity index (χ2n) is 3.47. The molecule has 1 saturated heterocycles. The summed E-state index contributed by atoms with van der Waals surface area (Å²) in [6.07, 6.45) is 0.178. The molecule has 1 aliphatic heterocycles. The van der Waals surface area contributed by atoms with Gasteiger partial charge in [0.2, 0.25) is 0 Å². The molecule has 2 rings (SSSR count). The zero-order valence-electron chi connectivity index (χ0n) is 8.36. The van der Waals surface area contributed by atoms with E-state index in [0.717, 1.165) is 10.4 Å². The van der Waals surface area contributed by atoms with Crippen LogP contribution in [0.15, 0.2) is 6.07 Å². The molecular weight excluding hydrogens is 216 g/mol. The molecule has 5 heteroatoms. The molecule has 1 fully saturated rings. The summed E-state index contributed by atoms with van der Waals surface area (Å²) in [4.78, 5) is 12.1. The van der Waals surface area contributed by atoms with Crippen molar-refractivity contribution < 1.29 is 19.4 Å². The van der Waals surface area contributed by atoms with Crippen LogP contribution in [0.25, 0.3) is 0 Å². The molecule has 15 heavy (non-hydrogen) atoms. The number of hydrogen-bond donors (Lipinski definition) is 1. The third-order valence-electron chi connectivity index (χ3n) is 2.31. The molecule has 0 aromatic carbocycles. The van der Waals surface area contributed by atoms with Crippen LogP contribution < -0.4 is 0 Å². The third-order valence-corrected chi connectivity index (χ3v) is 3.39. The normalized spacial score (nSPS) is 16.3. The summed E-state index contributed by atoms with van der Waals surface area (Å²) in [6.45, 7) is 3.68. The highest BCUT2D eigenvalue weighted by molar-refractivity contribution is 7.14. The lowest BCUT2D eigenvalue weighted by molar-refractivity contribution is -0.135. The second-order valence-corrected chi connectivity index (χ2v) is 4.72. The van der Waals surface area contributed by atoms with E-state index in [-0.39, 0.29) is 6.10 Å². The van der Waals surface area contributed by atoms with E-state index < -0.39 is 5.97 Å². The van der Waals surface area contributed by atoms with Gasteiger partial charge >= 0.3 is 5.97 Å². The fraction of sp³-hybridized carbons (Fsp3) is 0.500. The summed E-state index contributed by atoms with van der Waals surface area (Å²) in [7, 11) is 0. The number of ether oxygens (including phenoxy) is 2. The summed E-state index contributed by atoms with van der Waals surface area (Å²) < 4.78 is 10.5. The van der Waals surface area contributed by atoms with E-state index in [4.69, 9.17) is 14.6 Å². The van der Waals surface area contributed by atoms with Crippen LogP contribution in [0.5, 0.6) is 0 Å². The van der Waals surface area contributed by atoms with Gasteiger partial charge in [-0.1, -0.05) is 0 Å². The lowest BCUT2D eigenvalue weighted by Gasteiger charge is -2.25. The van der Waals surface area contributed by atoms with Crippen molar-refractivity contribution in [2.75, 3.05) is 13.2 Å². The molecule has 1 aromatic rings. The highest BCUT2D eigenvalue weighted by Gasteiger charge is 2.19. The largest absolute Gasteiger partial charge is 0.477 e. The predicted octanol–water partition coefficient (Wildman–Crippen LogP) is 1.67. The lowest BCUT2D eigenvalue weighted by Crippen LogP contribution is -2.35. The maximum Gasteiger partial charge on any atom is 0.345 e. The Labute approximate surface area is 91.4 Å². The van der Waals surface area contributed by atoms with E-state index in [2.05, 4.69) is 0 Å². The molecule has 0 atom stereocenters. The first-order valence-electron chi connectivity index (χ1n) is 4.69. The number of aromatic carboxylic acids is 1. The summed E-state index contributed by atoms with van der Waals surface area (Å²) in [5.41, 5.74) is 0.962. The monoisotopic (exact) mass is 228 g/mol. The molecule has 1 aliphatic rings. The Kier molecular flexibility index (Phi) is 3.04. The Morgan fingerprint density at radius 2 is 2.47 bits per heavy atom. The number of aryl methyl sites for hydroxylation is 1. The Bertz CT molecular complexity index is 367. The summed E-state index contributed by atoms with van der Waals surface area (Å²) in [6, 6.07) is 1.68. The first kappa shape index (κ1) is 10.6. The van der Waals surface area contributed by atoms with Crippen LogP contribution in [-0.4, -0.2) is 30.4 Å². The van der Waals surface area contributed by atoms with Crippen molar-refractivity contribution in [3.05, 3.63) is 21.4 Å². The molecule has 0 aliphatic carbocycles. The number of thiophene rings is 1. The average Bonchev–Trinajstić information content (AvgIpc) is 2.45. The van der Waals surface area contributed by atoms with Crippen LogP contribution in [0.1, 0.15) is 20.1 Å². The number of carbonyl (C=O) groups is 1.